The molecule has 0 unspecified atom stereocenters. The van der Waals surface area contributed by atoms with Gasteiger partial charge in [0, 0.05) is 5.69 Å². The number of rotatable bonds is 4. The van der Waals surface area contributed by atoms with E-state index in [0.29, 0.717) is 18.0 Å². The predicted octanol–water partition coefficient (Wildman–Crippen LogP) is 2.79. The van der Waals surface area contributed by atoms with Crippen LogP contribution < -0.4 is 11.1 Å². The van der Waals surface area contributed by atoms with Crippen LogP contribution >= 0.6 is 11.6 Å². The number of nitrogens with one attached hydrogen (secondary N) is 1. The molecular formula is C12H16ClFN2O. The molecule has 0 aliphatic carbocycles. The van der Waals surface area contributed by atoms with Gasteiger partial charge >= 0.3 is 0 Å². The maximum atomic E-state index is 12.9. The number of amides is 1. The van der Waals surface area contributed by atoms with E-state index >= 15 is 0 Å². The molecule has 0 heterocycles. The van der Waals surface area contributed by atoms with Gasteiger partial charge < -0.3 is 11.1 Å². The summed E-state index contributed by atoms with van der Waals surface area (Å²) in [7, 11) is 0. The highest BCUT2D eigenvalue weighted by Gasteiger charge is 2.15. The molecule has 94 valence electrons. The summed E-state index contributed by atoms with van der Waals surface area (Å²) < 4.78 is 12.9. The number of nitrogens with two attached hydrogens (primary N) is 1. The van der Waals surface area contributed by atoms with Gasteiger partial charge in [-0.1, -0.05) is 25.4 Å². The maximum Gasteiger partial charge on any atom is 0.241 e. The fourth-order valence-corrected chi connectivity index (χ4v) is 1.60. The van der Waals surface area contributed by atoms with E-state index < -0.39 is 11.9 Å². The van der Waals surface area contributed by atoms with Crippen molar-refractivity contribution in [2.45, 2.75) is 26.3 Å². The van der Waals surface area contributed by atoms with Gasteiger partial charge in [0.15, 0.2) is 0 Å². The van der Waals surface area contributed by atoms with Crippen molar-refractivity contribution < 1.29 is 9.18 Å². The second-order valence-corrected chi connectivity index (χ2v) is 4.76. The number of hydrogen-bond acceptors (Lipinski definition) is 2. The molecule has 0 saturated carbocycles. The van der Waals surface area contributed by atoms with Gasteiger partial charge in [-0.2, -0.15) is 0 Å². The van der Waals surface area contributed by atoms with Crippen molar-refractivity contribution in [2.75, 3.05) is 5.32 Å². The standard InChI is InChI=1S/C12H16ClFN2O/c1-7(2)5-11(15)12(17)16-8-3-4-10(14)9(13)6-8/h3-4,6-7,11H,5,15H2,1-2H3,(H,16,17)/t11-/m1/s1. The molecule has 0 spiro atoms. The molecule has 0 aliphatic heterocycles. The minimum Gasteiger partial charge on any atom is -0.325 e. The smallest absolute Gasteiger partial charge is 0.241 e. The van der Waals surface area contributed by atoms with Crippen molar-refractivity contribution in [1.82, 2.24) is 0 Å². The molecule has 3 nitrogen and oxygen atoms in total. The molecule has 1 aromatic carbocycles. The first-order valence-corrected chi connectivity index (χ1v) is 5.79. The van der Waals surface area contributed by atoms with Crippen LogP contribution in [-0.4, -0.2) is 11.9 Å². The fraction of sp³-hybridized carbons (Fsp3) is 0.417. The molecule has 1 atom stereocenters. The van der Waals surface area contributed by atoms with E-state index in [4.69, 9.17) is 17.3 Å². The van der Waals surface area contributed by atoms with Crippen molar-refractivity contribution in [3.63, 3.8) is 0 Å². The molecule has 3 N–H and O–H groups in total. The molecular weight excluding hydrogens is 243 g/mol. The lowest BCUT2D eigenvalue weighted by atomic mass is 10.0. The average molecular weight is 259 g/mol. The molecule has 1 amide bonds. The first-order chi connectivity index (χ1) is 7.90. The monoisotopic (exact) mass is 258 g/mol. The first kappa shape index (κ1) is 13.9. The van der Waals surface area contributed by atoms with E-state index in [1.165, 1.54) is 18.2 Å². The van der Waals surface area contributed by atoms with E-state index in [1.807, 2.05) is 13.8 Å². The van der Waals surface area contributed by atoms with Gasteiger partial charge in [-0.05, 0) is 30.5 Å². The first-order valence-electron chi connectivity index (χ1n) is 5.41. The maximum absolute atomic E-state index is 12.9. The second-order valence-electron chi connectivity index (χ2n) is 4.35. The third-order valence-corrected chi connectivity index (χ3v) is 2.54. The van der Waals surface area contributed by atoms with Crippen LogP contribution in [0.15, 0.2) is 18.2 Å². The molecule has 17 heavy (non-hydrogen) atoms. The van der Waals surface area contributed by atoms with Crippen LogP contribution in [0, 0.1) is 11.7 Å². The van der Waals surface area contributed by atoms with Crippen LogP contribution in [0.5, 0.6) is 0 Å². The summed E-state index contributed by atoms with van der Waals surface area (Å²) in [6.45, 7) is 3.98. The van der Waals surface area contributed by atoms with Gasteiger partial charge in [0.2, 0.25) is 5.91 Å². The highest BCUT2D eigenvalue weighted by molar-refractivity contribution is 6.31. The van der Waals surface area contributed by atoms with Gasteiger partial charge in [-0.3, -0.25) is 4.79 Å². The Kier molecular flexibility index (Phi) is 4.90. The van der Waals surface area contributed by atoms with Crippen molar-refractivity contribution in [3.8, 4) is 0 Å². The number of carbonyl (C=O) groups excluding carboxylic acids is 1. The van der Waals surface area contributed by atoms with Crippen LogP contribution in [0.1, 0.15) is 20.3 Å². The summed E-state index contributed by atoms with van der Waals surface area (Å²) in [4.78, 5) is 11.7. The third kappa shape index (κ3) is 4.32. The zero-order chi connectivity index (χ0) is 13.0. The van der Waals surface area contributed by atoms with E-state index in [-0.39, 0.29) is 10.9 Å². The van der Waals surface area contributed by atoms with E-state index in [1.54, 1.807) is 0 Å². The van der Waals surface area contributed by atoms with Crippen LogP contribution in [0.3, 0.4) is 0 Å². The normalized spacial score (nSPS) is 12.6. The van der Waals surface area contributed by atoms with Crippen LogP contribution in [0.4, 0.5) is 10.1 Å². The molecule has 0 aliphatic rings. The topological polar surface area (TPSA) is 55.1 Å². The van der Waals surface area contributed by atoms with E-state index in [2.05, 4.69) is 5.32 Å². The Morgan fingerprint density at radius 1 is 1.53 bits per heavy atom. The number of benzene rings is 1. The lowest BCUT2D eigenvalue weighted by Gasteiger charge is -2.14. The van der Waals surface area contributed by atoms with Gasteiger partial charge in [0.1, 0.15) is 5.82 Å². The zero-order valence-corrected chi connectivity index (χ0v) is 10.6. The van der Waals surface area contributed by atoms with Gasteiger partial charge in [0.25, 0.3) is 0 Å². The SMILES string of the molecule is CC(C)C[C@@H](N)C(=O)Nc1ccc(F)c(Cl)c1. The Hall–Kier alpha value is -1.13. The van der Waals surface area contributed by atoms with Crippen LogP contribution in [0.25, 0.3) is 0 Å². The molecule has 5 heteroatoms. The Labute approximate surface area is 105 Å². The molecule has 0 bridgehead atoms. The second kappa shape index (κ2) is 5.98. The average Bonchev–Trinajstić information content (AvgIpc) is 2.22. The van der Waals surface area contributed by atoms with E-state index in [0.717, 1.165) is 0 Å². The molecule has 0 aromatic heterocycles. The number of hydrogen-bond donors (Lipinski definition) is 2. The van der Waals surface area contributed by atoms with Crippen LogP contribution in [0.2, 0.25) is 5.02 Å². The minimum absolute atomic E-state index is 0.0276. The van der Waals surface area contributed by atoms with Crippen molar-refractivity contribution in [2.24, 2.45) is 11.7 Å². The van der Waals surface area contributed by atoms with E-state index in [9.17, 15) is 9.18 Å². The molecule has 0 radical (unpaired) electrons. The fourth-order valence-electron chi connectivity index (χ4n) is 1.42. The minimum atomic E-state index is -0.571. The van der Waals surface area contributed by atoms with Crippen molar-refractivity contribution >= 4 is 23.2 Å². The van der Waals surface area contributed by atoms with Gasteiger partial charge in [0.05, 0.1) is 11.1 Å². The lowest BCUT2D eigenvalue weighted by molar-refractivity contribution is -0.117. The summed E-state index contributed by atoms with van der Waals surface area (Å²) in [6, 6.07) is 3.43. The Balaban J connectivity index is 2.64. The highest BCUT2D eigenvalue weighted by Crippen LogP contribution is 2.19. The Morgan fingerprint density at radius 3 is 2.71 bits per heavy atom. The van der Waals surface area contributed by atoms with Gasteiger partial charge in [-0.25, -0.2) is 4.39 Å². The van der Waals surface area contributed by atoms with Crippen LogP contribution in [-0.2, 0) is 4.79 Å². The number of carbonyl (C=O) groups is 1. The van der Waals surface area contributed by atoms with Crippen molar-refractivity contribution in [3.05, 3.63) is 29.0 Å². The summed E-state index contributed by atoms with van der Waals surface area (Å²) in [5, 5.41) is 2.57. The number of anilines is 1. The predicted molar refractivity (Wildman–Crippen MR) is 67.5 cm³/mol. The van der Waals surface area contributed by atoms with Crippen molar-refractivity contribution in [1.29, 1.82) is 0 Å². The lowest BCUT2D eigenvalue weighted by Crippen LogP contribution is -2.36. The highest BCUT2D eigenvalue weighted by atomic mass is 35.5. The molecule has 0 fully saturated rings. The Morgan fingerprint density at radius 2 is 2.18 bits per heavy atom. The van der Waals surface area contributed by atoms with Gasteiger partial charge in [-0.15, -0.1) is 0 Å². The molecule has 1 aromatic rings. The summed E-state index contributed by atoms with van der Waals surface area (Å²) in [6.07, 6.45) is 0.598. The number of halogens is 2. The summed E-state index contributed by atoms with van der Waals surface area (Å²) >= 11 is 5.60. The Bertz CT molecular complexity index is 409. The summed E-state index contributed by atoms with van der Waals surface area (Å²) in [5.74, 6) is -0.468. The largest absolute Gasteiger partial charge is 0.325 e. The quantitative estimate of drug-likeness (QED) is 0.873. The third-order valence-electron chi connectivity index (χ3n) is 2.25. The molecule has 1 rings (SSSR count). The molecule has 0 saturated heterocycles. The zero-order valence-electron chi connectivity index (χ0n) is 9.84. The summed E-state index contributed by atoms with van der Waals surface area (Å²) in [5.41, 5.74) is 6.16.